The van der Waals surface area contributed by atoms with Crippen LogP contribution in [0.3, 0.4) is 0 Å². The molecule has 2 amide bonds. The fraction of sp³-hybridized carbons (Fsp3) is 0.174. The molecule has 154 valence electrons. The number of methoxy groups -OCH3 is 1. The number of hydrogen-bond donors (Lipinski definition) is 0. The first-order valence-corrected chi connectivity index (χ1v) is 10.9. The Balaban J connectivity index is 1.86. The van der Waals surface area contributed by atoms with Gasteiger partial charge in [-0.3, -0.25) is 4.90 Å². The molecule has 0 unspecified atom stereocenters. The van der Waals surface area contributed by atoms with Crippen molar-refractivity contribution in [2.24, 2.45) is 0 Å². The Labute approximate surface area is 176 Å². The number of rotatable bonds is 4. The molecule has 0 saturated heterocycles. The molecule has 0 aromatic heterocycles. The normalized spacial score (nSPS) is 15.1. The number of sulfonamides is 1. The first-order chi connectivity index (χ1) is 14.3. The lowest BCUT2D eigenvalue weighted by Gasteiger charge is -2.36. The van der Waals surface area contributed by atoms with Gasteiger partial charge >= 0.3 is 6.03 Å². The summed E-state index contributed by atoms with van der Waals surface area (Å²) in [7, 11) is -2.46. The van der Waals surface area contributed by atoms with Crippen molar-refractivity contribution in [3.8, 4) is 5.75 Å². The first kappa shape index (κ1) is 20.0. The van der Waals surface area contributed by atoms with E-state index < -0.39 is 16.1 Å². The number of carbonyl (C=O) groups excluding carboxylic acids is 1. The number of carbonyl (C=O) groups is 1. The van der Waals surface area contributed by atoms with Gasteiger partial charge < -0.3 is 4.74 Å². The van der Waals surface area contributed by atoms with E-state index in [4.69, 9.17) is 4.74 Å². The zero-order valence-electron chi connectivity index (χ0n) is 17.0. The van der Waals surface area contributed by atoms with Crippen molar-refractivity contribution in [1.82, 2.24) is 0 Å². The monoisotopic (exact) mass is 422 g/mol. The van der Waals surface area contributed by atoms with Crippen LogP contribution in [-0.4, -0.2) is 21.6 Å². The number of amides is 2. The number of nitrogens with zero attached hydrogens (tertiary/aromatic N) is 2. The molecule has 1 heterocycles. The molecule has 0 fully saturated rings. The van der Waals surface area contributed by atoms with Gasteiger partial charge in [0, 0.05) is 0 Å². The maximum atomic E-state index is 13.5. The zero-order chi connectivity index (χ0) is 21.5. The Morgan fingerprint density at radius 1 is 0.900 bits per heavy atom. The summed E-state index contributed by atoms with van der Waals surface area (Å²) in [6, 6.07) is 18.5. The van der Waals surface area contributed by atoms with Gasteiger partial charge in [-0.1, -0.05) is 30.3 Å². The van der Waals surface area contributed by atoms with Crippen molar-refractivity contribution in [2.75, 3.05) is 16.3 Å². The summed E-state index contributed by atoms with van der Waals surface area (Å²) in [6.45, 7) is 4.04. The second-order valence-corrected chi connectivity index (χ2v) is 8.98. The highest BCUT2D eigenvalue weighted by Crippen LogP contribution is 2.38. The van der Waals surface area contributed by atoms with Crippen molar-refractivity contribution < 1.29 is 17.9 Å². The standard InChI is InChI=1S/C23H22N2O4S/c1-16-11-12-19(13-17(16)2)25-23(26)24(15-18-7-6-8-20(14-18)29-3)21-9-4-5-10-22(21)30(25,27)28/h4-14H,15H2,1-3H3. The summed E-state index contributed by atoms with van der Waals surface area (Å²) in [5.41, 5.74) is 3.46. The molecule has 1 aliphatic rings. The van der Waals surface area contributed by atoms with Crippen LogP contribution in [0.15, 0.2) is 71.6 Å². The predicted octanol–water partition coefficient (Wildman–Crippen LogP) is 4.65. The van der Waals surface area contributed by atoms with Crippen molar-refractivity contribution >= 4 is 27.4 Å². The number of fused-ring (bicyclic) bond motifs is 1. The second-order valence-electron chi connectivity index (χ2n) is 7.23. The lowest BCUT2D eigenvalue weighted by atomic mass is 10.1. The fourth-order valence-corrected chi connectivity index (χ4v) is 5.10. The van der Waals surface area contributed by atoms with Crippen LogP contribution in [0.5, 0.6) is 5.75 Å². The van der Waals surface area contributed by atoms with Crippen LogP contribution < -0.4 is 13.9 Å². The Hall–Kier alpha value is -3.32. The van der Waals surface area contributed by atoms with Crippen LogP contribution in [0, 0.1) is 13.8 Å². The van der Waals surface area contributed by atoms with E-state index in [1.165, 1.54) is 11.0 Å². The van der Waals surface area contributed by atoms with E-state index in [1.54, 1.807) is 37.4 Å². The summed E-state index contributed by atoms with van der Waals surface area (Å²) in [4.78, 5) is 15.1. The van der Waals surface area contributed by atoms with Gasteiger partial charge in [-0.05, 0) is 66.9 Å². The third-order valence-electron chi connectivity index (χ3n) is 5.28. The molecule has 0 radical (unpaired) electrons. The molecule has 3 aromatic carbocycles. The van der Waals surface area contributed by atoms with E-state index >= 15 is 0 Å². The lowest BCUT2D eigenvalue weighted by Crippen LogP contribution is -2.50. The van der Waals surface area contributed by atoms with Crippen molar-refractivity contribution in [3.63, 3.8) is 0 Å². The minimum absolute atomic E-state index is 0.103. The molecule has 30 heavy (non-hydrogen) atoms. The van der Waals surface area contributed by atoms with Gasteiger partial charge in [0.05, 0.1) is 25.0 Å². The zero-order valence-corrected chi connectivity index (χ0v) is 17.8. The molecule has 0 saturated carbocycles. The van der Waals surface area contributed by atoms with E-state index in [2.05, 4.69) is 0 Å². The summed E-state index contributed by atoms with van der Waals surface area (Å²) in [6.07, 6.45) is 0. The smallest absolute Gasteiger partial charge is 0.343 e. The third-order valence-corrected chi connectivity index (χ3v) is 7.03. The number of ether oxygens (including phenoxy) is 1. The van der Waals surface area contributed by atoms with Crippen LogP contribution in [0.4, 0.5) is 16.2 Å². The summed E-state index contributed by atoms with van der Waals surface area (Å²) < 4.78 is 32.9. The SMILES string of the molecule is COc1cccc(CN2C(=O)N(c3ccc(C)c(C)c3)S(=O)(=O)c3ccccc32)c1. The van der Waals surface area contributed by atoms with Crippen LogP contribution in [0.2, 0.25) is 0 Å². The minimum atomic E-state index is -4.04. The third kappa shape index (κ3) is 3.31. The fourth-order valence-electron chi connectivity index (χ4n) is 3.52. The molecule has 0 aliphatic carbocycles. The highest BCUT2D eigenvalue weighted by atomic mass is 32.2. The van der Waals surface area contributed by atoms with Crippen LogP contribution in [0.1, 0.15) is 16.7 Å². The van der Waals surface area contributed by atoms with Crippen LogP contribution in [-0.2, 0) is 16.6 Å². The van der Waals surface area contributed by atoms with Crippen LogP contribution in [0.25, 0.3) is 0 Å². The average Bonchev–Trinajstić information content (AvgIpc) is 2.74. The minimum Gasteiger partial charge on any atom is -0.497 e. The maximum Gasteiger partial charge on any atom is 0.343 e. The van der Waals surface area contributed by atoms with E-state index in [9.17, 15) is 13.2 Å². The van der Waals surface area contributed by atoms with E-state index in [0.29, 0.717) is 17.1 Å². The molecule has 6 nitrogen and oxygen atoms in total. The highest BCUT2D eigenvalue weighted by Gasteiger charge is 2.42. The molecule has 4 rings (SSSR count). The molecule has 3 aromatic rings. The Morgan fingerprint density at radius 3 is 2.40 bits per heavy atom. The van der Waals surface area contributed by atoms with Gasteiger partial charge in [-0.2, -0.15) is 4.31 Å². The van der Waals surface area contributed by atoms with Gasteiger partial charge in [0.15, 0.2) is 0 Å². The molecular weight excluding hydrogens is 400 g/mol. The van der Waals surface area contributed by atoms with Gasteiger partial charge in [-0.15, -0.1) is 0 Å². The number of benzene rings is 3. The Kier molecular flexibility index (Phi) is 4.99. The molecule has 0 atom stereocenters. The van der Waals surface area contributed by atoms with Gasteiger partial charge in [-0.25, -0.2) is 13.2 Å². The highest BCUT2D eigenvalue weighted by molar-refractivity contribution is 7.94. The van der Waals surface area contributed by atoms with Gasteiger partial charge in [0.25, 0.3) is 10.0 Å². The van der Waals surface area contributed by atoms with Crippen molar-refractivity contribution in [3.05, 3.63) is 83.4 Å². The van der Waals surface area contributed by atoms with Crippen LogP contribution >= 0.6 is 0 Å². The molecular formula is C23H22N2O4S. The lowest BCUT2D eigenvalue weighted by molar-refractivity contribution is 0.253. The number of para-hydroxylation sites is 1. The molecule has 1 aliphatic heterocycles. The number of anilines is 2. The quantitative estimate of drug-likeness (QED) is 0.614. The number of urea groups is 1. The summed E-state index contributed by atoms with van der Waals surface area (Å²) >= 11 is 0. The van der Waals surface area contributed by atoms with E-state index in [-0.39, 0.29) is 11.4 Å². The molecule has 0 spiro atoms. The maximum absolute atomic E-state index is 13.5. The average molecular weight is 423 g/mol. The predicted molar refractivity (Wildman–Crippen MR) is 117 cm³/mol. The van der Waals surface area contributed by atoms with Gasteiger partial charge in [0.1, 0.15) is 10.6 Å². The van der Waals surface area contributed by atoms with E-state index in [0.717, 1.165) is 21.0 Å². The number of hydrogen-bond acceptors (Lipinski definition) is 4. The van der Waals surface area contributed by atoms with Crippen molar-refractivity contribution in [1.29, 1.82) is 0 Å². The second kappa shape index (κ2) is 7.50. The summed E-state index contributed by atoms with van der Waals surface area (Å²) in [5.74, 6) is 0.670. The summed E-state index contributed by atoms with van der Waals surface area (Å²) in [5, 5.41) is 0. The Morgan fingerprint density at radius 2 is 1.67 bits per heavy atom. The Bertz CT molecular complexity index is 1240. The molecule has 7 heteroatoms. The molecule has 0 N–H and O–H groups in total. The molecule has 0 bridgehead atoms. The van der Waals surface area contributed by atoms with Crippen molar-refractivity contribution in [2.45, 2.75) is 25.3 Å². The largest absolute Gasteiger partial charge is 0.497 e. The number of aryl methyl sites for hydroxylation is 2. The first-order valence-electron chi connectivity index (χ1n) is 9.49. The van der Waals surface area contributed by atoms with E-state index in [1.807, 2.05) is 44.2 Å². The van der Waals surface area contributed by atoms with Gasteiger partial charge in [0.2, 0.25) is 0 Å². The topological polar surface area (TPSA) is 66.9 Å².